The Hall–Kier alpha value is -1.75. The minimum atomic E-state index is -0.325. The first-order valence-corrected chi connectivity index (χ1v) is 4.95. The van der Waals surface area contributed by atoms with E-state index < -0.39 is 0 Å². The van der Waals surface area contributed by atoms with Gasteiger partial charge in [-0.2, -0.15) is 0 Å². The van der Waals surface area contributed by atoms with Gasteiger partial charge in [0.1, 0.15) is 22.2 Å². The Morgan fingerprint density at radius 2 is 2.12 bits per heavy atom. The molecule has 6 heteroatoms. The van der Waals surface area contributed by atoms with E-state index in [4.69, 9.17) is 11.6 Å². The van der Waals surface area contributed by atoms with Gasteiger partial charge in [-0.25, -0.2) is 9.97 Å². The van der Waals surface area contributed by atoms with Gasteiger partial charge < -0.3 is 4.98 Å². The Kier molecular flexibility index (Phi) is 2.47. The number of rotatable bonds is 1. The molecular weight excluding hydrogens is 230 g/mol. The number of nitrogens with one attached hydrogen (secondary N) is 1. The van der Waals surface area contributed by atoms with Crippen LogP contribution in [0.25, 0.3) is 10.9 Å². The lowest BCUT2D eigenvalue weighted by Crippen LogP contribution is -2.13. The quantitative estimate of drug-likeness (QED) is 0.602. The largest absolute Gasteiger partial charge is 0.310 e. The van der Waals surface area contributed by atoms with Crippen molar-refractivity contribution in [2.75, 3.05) is 0 Å². The van der Waals surface area contributed by atoms with Crippen molar-refractivity contribution in [1.82, 2.24) is 15.0 Å². The molecule has 2 rings (SSSR count). The van der Waals surface area contributed by atoms with Crippen LogP contribution in [0.5, 0.6) is 0 Å². The van der Waals surface area contributed by atoms with E-state index in [1.165, 1.54) is 13.0 Å². The minimum absolute atomic E-state index is 0.105. The third-order valence-corrected chi connectivity index (χ3v) is 2.31. The zero-order valence-electron chi connectivity index (χ0n) is 8.67. The second-order valence-electron chi connectivity index (χ2n) is 3.40. The maximum absolute atomic E-state index is 11.6. The molecule has 82 valence electrons. The van der Waals surface area contributed by atoms with Crippen LogP contribution in [0.1, 0.15) is 23.2 Å². The number of aromatic nitrogens is 3. The highest BCUT2D eigenvalue weighted by Gasteiger charge is 2.13. The van der Waals surface area contributed by atoms with Gasteiger partial charge in [-0.3, -0.25) is 9.59 Å². The van der Waals surface area contributed by atoms with Crippen LogP contribution in [0.2, 0.25) is 5.15 Å². The van der Waals surface area contributed by atoms with Crippen LogP contribution in [0.3, 0.4) is 0 Å². The molecule has 2 aromatic rings. The van der Waals surface area contributed by atoms with E-state index in [-0.39, 0.29) is 33.1 Å². The van der Waals surface area contributed by atoms with Crippen LogP contribution in [-0.2, 0) is 0 Å². The monoisotopic (exact) mass is 237 g/mol. The zero-order valence-corrected chi connectivity index (χ0v) is 9.42. The third kappa shape index (κ3) is 1.69. The van der Waals surface area contributed by atoms with E-state index >= 15 is 0 Å². The summed E-state index contributed by atoms with van der Waals surface area (Å²) >= 11 is 5.74. The number of Topliss-reactive ketones (excluding diaryl/α,β-unsaturated/α-hetero) is 1. The normalized spacial score (nSPS) is 10.7. The Bertz CT molecular complexity index is 648. The molecule has 2 aromatic heterocycles. The smallest absolute Gasteiger partial charge is 0.258 e. The molecule has 2 heterocycles. The number of hydrogen-bond donors (Lipinski definition) is 1. The summed E-state index contributed by atoms with van der Waals surface area (Å²) in [7, 11) is 0. The predicted octanol–water partition coefficient (Wildman–Crippen LogP) is 1.48. The summed E-state index contributed by atoms with van der Waals surface area (Å²) in [5, 5.41) is 0.379. The number of fused-ring (bicyclic) bond motifs is 1. The van der Waals surface area contributed by atoms with Crippen molar-refractivity contribution in [2.45, 2.75) is 13.8 Å². The van der Waals surface area contributed by atoms with Crippen molar-refractivity contribution in [2.24, 2.45) is 0 Å². The van der Waals surface area contributed by atoms with Crippen molar-refractivity contribution >= 4 is 28.3 Å². The van der Waals surface area contributed by atoms with E-state index in [1.54, 1.807) is 6.92 Å². The number of ketones is 1. The fourth-order valence-corrected chi connectivity index (χ4v) is 1.66. The first kappa shape index (κ1) is 10.8. The van der Waals surface area contributed by atoms with E-state index in [1.807, 2.05) is 0 Å². The van der Waals surface area contributed by atoms with Crippen molar-refractivity contribution in [3.8, 4) is 0 Å². The number of nitrogens with zero attached hydrogens (tertiary/aromatic N) is 2. The van der Waals surface area contributed by atoms with Crippen LogP contribution < -0.4 is 5.56 Å². The fraction of sp³-hybridized carbons (Fsp3) is 0.200. The third-order valence-electron chi connectivity index (χ3n) is 2.11. The number of carbonyl (C=O) groups excluding carboxylic acids is 1. The van der Waals surface area contributed by atoms with Crippen LogP contribution >= 0.6 is 11.6 Å². The molecule has 0 aliphatic carbocycles. The van der Waals surface area contributed by atoms with Gasteiger partial charge in [-0.1, -0.05) is 11.6 Å². The van der Waals surface area contributed by atoms with Crippen LogP contribution in [0.4, 0.5) is 0 Å². The predicted molar refractivity (Wildman–Crippen MR) is 59.9 cm³/mol. The van der Waals surface area contributed by atoms with Gasteiger partial charge in [0, 0.05) is 6.92 Å². The lowest BCUT2D eigenvalue weighted by atomic mass is 10.2. The summed E-state index contributed by atoms with van der Waals surface area (Å²) in [4.78, 5) is 33.5. The average molecular weight is 238 g/mol. The Morgan fingerprint density at radius 1 is 1.44 bits per heavy atom. The maximum Gasteiger partial charge on any atom is 0.258 e. The highest BCUT2D eigenvalue weighted by Crippen LogP contribution is 2.16. The molecule has 0 aliphatic rings. The SMILES string of the molecule is CC(=O)c1nc(Cl)cc2c(=O)[nH]c(C)nc12. The van der Waals surface area contributed by atoms with Crippen molar-refractivity contribution < 1.29 is 4.79 Å². The van der Waals surface area contributed by atoms with Crippen molar-refractivity contribution in [1.29, 1.82) is 0 Å². The summed E-state index contributed by atoms with van der Waals surface area (Å²) in [6, 6.07) is 1.40. The second kappa shape index (κ2) is 3.68. The lowest BCUT2D eigenvalue weighted by molar-refractivity contribution is 0.101. The molecule has 0 spiro atoms. The van der Waals surface area contributed by atoms with Gasteiger partial charge in [-0.05, 0) is 13.0 Å². The Labute approximate surface area is 95.5 Å². The Morgan fingerprint density at radius 3 is 2.75 bits per heavy atom. The topological polar surface area (TPSA) is 75.7 Å². The molecule has 1 N–H and O–H groups in total. The van der Waals surface area contributed by atoms with E-state index in [2.05, 4.69) is 15.0 Å². The molecule has 0 fully saturated rings. The lowest BCUT2D eigenvalue weighted by Gasteiger charge is -2.03. The first-order valence-electron chi connectivity index (χ1n) is 4.57. The molecule has 0 unspecified atom stereocenters. The van der Waals surface area contributed by atoms with Gasteiger partial charge >= 0.3 is 0 Å². The number of aryl methyl sites for hydroxylation is 1. The summed E-state index contributed by atoms with van der Waals surface area (Å²) in [5.41, 5.74) is 0.0872. The van der Waals surface area contributed by atoms with Gasteiger partial charge in [-0.15, -0.1) is 0 Å². The molecule has 0 amide bonds. The number of pyridine rings is 1. The van der Waals surface area contributed by atoms with Gasteiger partial charge in [0.05, 0.1) is 5.39 Å². The molecule has 16 heavy (non-hydrogen) atoms. The van der Waals surface area contributed by atoms with Crippen LogP contribution in [0, 0.1) is 6.92 Å². The summed E-state index contributed by atoms with van der Waals surface area (Å²) in [6.07, 6.45) is 0. The second-order valence-corrected chi connectivity index (χ2v) is 3.78. The molecule has 0 bridgehead atoms. The van der Waals surface area contributed by atoms with Crippen molar-refractivity contribution in [3.63, 3.8) is 0 Å². The van der Waals surface area contributed by atoms with Crippen LogP contribution in [-0.4, -0.2) is 20.7 Å². The van der Waals surface area contributed by atoms with Gasteiger partial charge in [0.2, 0.25) is 0 Å². The minimum Gasteiger partial charge on any atom is -0.310 e. The summed E-state index contributed by atoms with van der Waals surface area (Å²) in [5.74, 6) is 0.161. The van der Waals surface area contributed by atoms with E-state index in [0.717, 1.165) is 0 Å². The first-order chi connectivity index (χ1) is 7.49. The van der Waals surface area contributed by atoms with Crippen molar-refractivity contribution in [3.05, 3.63) is 33.1 Å². The Balaban J connectivity index is 3.01. The number of hydrogen-bond acceptors (Lipinski definition) is 4. The number of aromatic amines is 1. The zero-order chi connectivity index (χ0) is 11.9. The molecule has 5 nitrogen and oxygen atoms in total. The van der Waals surface area contributed by atoms with Crippen LogP contribution in [0.15, 0.2) is 10.9 Å². The summed E-state index contributed by atoms with van der Waals surface area (Å²) < 4.78 is 0. The molecule has 0 saturated carbocycles. The molecule has 0 saturated heterocycles. The average Bonchev–Trinajstić information content (AvgIpc) is 2.18. The maximum atomic E-state index is 11.6. The van der Waals surface area contributed by atoms with Gasteiger partial charge in [0.15, 0.2) is 5.78 Å². The molecule has 0 radical (unpaired) electrons. The number of halogens is 1. The molecule has 0 aromatic carbocycles. The highest BCUT2D eigenvalue weighted by molar-refractivity contribution is 6.30. The molecule has 0 atom stereocenters. The number of H-pyrrole nitrogens is 1. The highest BCUT2D eigenvalue weighted by atomic mass is 35.5. The molecular formula is C10H8ClN3O2. The molecule has 0 aliphatic heterocycles. The van der Waals surface area contributed by atoms with E-state index in [9.17, 15) is 9.59 Å². The fourth-order valence-electron chi connectivity index (χ4n) is 1.47. The summed E-state index contributed by atoms with van der Waals surface area (Å²) in [6.45, 7) is 3.00. The standard InChI is InChI=1S/C10H8ClN3O2/c1-4(15)8-9-6(3-7(11)14-8)10(16)13-5(2)12-9/h3H,1-2H3,(H,12,13,16). The van der Waals surface area contributed by atoms with E-state index in [0.29, 0.717) is 5.82 Å². The van der Waals surface area contributed by atoms with Gasteiger partial charge in [0.25, 0.3) is 5.56 Å². The number of carbonyl (C=O) groups is 1.